The van der Waals surface area contributed by atoms with E-state index in [1.807, 2.05) is 19.9 Å². The molecule has 0 N–H and O–H groups in total. The van der Waals surface area contributed by atoms with Gasteiger partial charge < -0.3 is 9.30 Å². The summed E-state index contributed by atoms with van der Waals surface area (Å²) in [6.45, 7) is 9.22. The van der Waals surface area contributed by atoms with Gasteiger partial charge in [0.05, 0.1) is 6.61 Å². The first-order chi connectivity index (χ1) is 10.5. The molecule has 0 fully saturated rings. The Morgan fingerprint density at radius 3 is 2.68 bits per heavy atom. The number of hydrogen-bond acceptors (Lipinski definition) is 2. The highest BCUT2D eigenvalue weighted by Gasteiger charge is 2.05. The summed E-state index contributed by atoms with van der Waals surface area (Å²) in [7, 11) is 0. The lowest BCUT2D eigenvalue weighted by atomic mass is 10.1. The number of carbonyl (C=O) groups excluding carboxylic acids is 1. The molecule has 0 radical (unpaired) electrons. The largest absolute Gasteiger partial charge is 0.463 e. The molecule has 1 heterocycles. The Labute approximate surface area is 131 Å². The van der Waals surface area contributed by atoms with Gasteiger partial charge in [-0.05, 0) is 57.0 Å². The van der Waals surface area contributed by atoms with Crippen molar-refractivity contribution in [3.8, 4) is 0 Å². The summed E-state index contributed by atoms with van der Waals surface area (Å²) in [6.07, 6.45) is 5.85. The Kier molecular flexibility index (Phi) is 5.21. The summed E-state index contributed by atoms with van der Waals surface area (Å²) in [4.78, 5) is 11.5. The van der Waals surface area contributed by atoms with Gasteiger partial charge >= 0.3 is 5.97 Å². The minimum atomic E-state index is -0.291. The highest BCUT2D eigenvalue weighted by atomic mass is 16.5. The number of ether oxygens (including phenoxy) is 1. The standard InChI is InChI=1S/C19H23NO2/c1-5-22-19(21)12-15(4)16-6-7-18-17(13-16)9-11-20(18)10-8-14(2)3/h6-9,11-13H,5,10H2,1-4H3/b15-12+. The average Bonchev–Trinajstić information content (AvgIpc) is 2.87. The van der Waals surface area contributed by atoms with Gasteiger partial charge in [-0.2, -0.15) is 0 Å². The molecule has 3 heteroatoms. The normalized spacial score (nSPS) is 11.5. The van der Waals surface area contributed by atoms with Crippen molar-refractivity contribution >= 4 is 22.4 Å². The fourth-order valence-corrected chi connectivity index (χ4v) is 2.33. The molecule has 2 aromatic rings. The third-order valence-corrected chi connectivity index (χ3v) is 3.54. The molecule has 0 saturated heterocycles. The second-order valence-corrected chi connectivity index (χ2v) is 5.60. The molecular weight excluding hydrogens is 274 g/mol. The number of benzene rings is 1. The van der Waals surface area contributed by atoms with Crippen molar-refractivity contribution < 1.29 is 9.53 Å². The first kappa shape index (κ1) is 16.1. The van der Waals surface area contributed by atoms with Crippen LogP contribution in [0.3, 0.4) is 0 Å². The number of carbonyl (C=O) groups is 1. The molecule has 1 aromatic carbocycles. The average molecular weight is 297 g/mol. The van der Waals surface area contributed by atoms with Crippen molar-refractivity contribution in [2.75, 3.05) is 6.61 Å². The Bertz CT molecular complexity index is 731. The molecule has 0 unspecified atom stereocenters. The number of fused-ring (bicyclic) bond motifs is 1. The zero-order chi connectivity index (χ0) is 16.1. The summed E-state index contributed by atoms with van der Waals surface area (Å²) >= 11 is 0. The van der Waals surface area contributed by atoms with Crippen LogP contribution < -0.4 is 0 Å². The van der Waals surface area contributed by atoms with Gasteiger partial charge in [-0.25, -0.2) is 4.79 Å². The highest BCUT2D eigenvalue weighted by Crippen LogP contribution is 2.22. The van der Waals surface area contributed by atoms with E-state index in [0.29, 0.717) is 6.61 Å². The molecule has 22 heavy (non-hydrogen) atoms. The molecule has 0 atom stereocenters. The van der Waals surface area contributed by atoms with Crippen molar-refractivity contribution in [1.82, 2.24) is 4.57 Å². The van der Waals surface area contributed by atoms with E-state index in [-0.39, 0.29) is 5.97 Å². The Hall–Kier alpha value is -2.29. The van der Waals surface area contributed by atoms with E-state index in [1.54, 1.807) is 6.08 Å². The van der Waals surface area contributed by atoms with Crippen LogP contribution in [0.5, 0.6) is 0 Å². The SMILES string of the molecule is CCOC(=O)/C=C(\C)c1ccc2c(ccn2CC=C(C)C)c1. The zero-order valence-electron chi connectivity index (χ0n) is 13.7. The van der Waals surface area contributed by atoms with Crippen molar-refractivity contribution in [2.45, 2.75) is 34.2 Å². The fourth-order valence-electron chi connectivity index (χ4n) is 2.33. The van der Waals surface area contributed by atoms with Crippen LogP contribution in [0.25, 0.3) is 16.5 Å². The number of hydrogen-bond donors (Lipinski definition) is 0. The van der Waals surface area contributed by atoms with Crippen LogP contribution in [0.4, 0.5) is 0 Å². The van der Waals surface area contributed by atoms with Crippen LogP contribution in [0, 0.1) is 0 Å². The first-order valence-electron chi connectivity index (χ1n) is 7.59. The first-order valence-corrected chi connectivity index (χ1v) is 7.59. The lowest BCUT2D eigenvalue weighted by Crippen LogP contribution is -2.00. The fraction of sp³-hybridized carbons (Fsp3) is 0.316. The zero-order valence-corrected chi connectivity index (χ0v) is 13.7. The molecule has 116 valence electrons. The Balaban J connectivity index is 2.28. The minimum Gasteiger partial charge on any atom is -0.463 e. The van der Waals surface area contributed by atoms with Crippen molar-refractivity contribution in [3.05, 3.63) is 53.8 Å². The van der Waals surface area contributed by atoms with Crippen molar-refractivity contribution in [3.63, 3.8) is 0 Å². The second kappa shape index (κ2) is 7.12. The summed E-state index contributed by atoms with van der Waals surface area (Å²) in [5.41, 5.74) is 4.47. The van der Waals surface area contributed by atoms with Gasteiger partial charge in [0.25, 0.3) is 0 Å². The van der Waals surface area contributed by atoms with E-state index in [9.17, 15) is 4.79 Å². The maximum Gasteiger partial charge on any atom is 0.331 e. The third kappa shape index (κ3) is 3.88. The second-order valence-electron chi connectivity index (χ2n) is 5.60. The molecule has 0 saturated carbocycles. The lowest BCUT2D eigenvalue weighted by molar-refractivity contribution is -0.137. The number of esters is 1. The van der Waals surface area contributed by atoms with Crippen LogP contribution in [0.1, 0.15) is 33.3 Å². The Morgan fingerprint density at radius 2 is 2.00 bits per heavy atom. The quantitative estimate of drug-likeness (QED) is 0.460. The van der Waals surface area contributed by atoms with E-state index in [4.69, 9.17) is 4.74 Å². The van der Waals surface area contributed by atoms with Gasteiger partial charge in [-0.1, -0.05) is 17.7 Å². The summed E-state index contributed by atoms with van der Waals surface area (Å²) < 4.78 is 7.17. The molecular formula is C19H23NO2. The van der Waals surface area contributed by atoms with Gasteiger partial charge in [0.1, 0.15) is 0 Å². The topological polar surface area (TPSA) is 31.2 Å². The number of aromatic nitrogens is 1. The number of allylic oxidation sites excluding steroid dienone is 3. The highest BCUT2D eigenvalue weighted by molar-refractivity contribution is 5.92. The molecule has 0 amide bonds. The molecule has 1 aromatic heterocycles. The van der Waals surface area contributed by atoms with Crippen LogP contribution in [-0.4, -0.2) is 17.1 Å². The predicted octanol–water partition coefficient (Wildman–Crippen LogP) is 4.57. The van der Waals surface area contributed by atoms with Crippen LogP contribution in [0.2, 0.25) is 0 Å². The summed E-state index contributed by atoms with van der Waals surface area (Å²) in [6, 6.07) is 8.37. The van der Waals surface area contributed by atoms with Gasteiger partial charge in [0, 0.05) is 29.7 Å². The van der Waals surface area contributed by atoms with Crippen LogP contribution in [-0.2, 0) is 16.1 Å². The van der Waals surface area contributed by atoms with E-state index in [1.165, 1.54) is 16.5 Å². The van der Waals surface area contributed by atoms with Crippen LogP contribution in [0.15, 0.2) is 48.2 Å². The Morgan fingerprint density at radius 1 is 1.23 bits per heavy atom. The minimum absolute atomic E-state index is 0.291. The van der Waals surface area contributed by atoms with Gasteiger partial charge in [0.2, 0.25) is 0 Å². The smallest absolute Gasteiger partial charge is 0.331 e. The van der Waals surface area contributed by atoms with Crippen molar-refractivity contribution in [2.24, 2.45) is 0 Å². The third-order valence-electron chi connectivity index (χ3n) is 3.54. The number of nitrogens with zero attached hydrogens (tertiary/aromatic N) is 1. The van der Waals surface area contributed by atoms with E-state index < -0.39 is 0 Å². The molecule has 2 rings (SSSR count). The summed E-state index contributed by atoms with van der Waals surface area (Å²) in [5.74, 6) is -0.291. The van der Waals surface area contributed by atoms with Crippen molar-refractivity contribution in [1.29, 1.82) is 0 Å². The van der Waals surface area contributed by atoms with Gasteiger partial charge in [-0.15, -0.1) is 0 Å². The maximum atomic E-state index is 11.5. The maximum absolute atomic E-state index is 11.5. The molecule has 0 aliphatic heterocycles. The van der Waals surface area contributed by atoms with Gasteiger partial charge in [-0.3, -0.25) is 0 Å². The molecule has 0 aliphatic carbocycles. The molecule has 0 bridgehead atoms. The predicted molar refractivity (Wildman–Crippen MR) is 91.7 cm³/mol. The summed E-state index contributed by atoms with van der Waals surface area (Å²) in [5, 5.41) is 1.18. The van der Waals surface area contributed by atoms with Crippen LogP contribution >= 0.6 is 0 Å². The lowest BCUT2D eigenvalue weighted by Gasteiger charge is -2.05. The monoisotopic (exact) mass is 297 g/mol. The van der Waals surface area contributed by atoms with Gasteiger partial charge in [0.15, 0.2) is 0 Å². The van der Waals surface area contributed by atoms with E-state index in [2.05, 4.69) is 48.9 Å². The van der Waals surface area contributed by atoms with E-state index >= 15 is 0 Å². The molecule has 0 spiro atoms. The van der Waals surface area contributed by atoms with E-state index in [0.717, 1.165) is 17.7 Å². The molecule has 3 nitrogen and oxygen atoms in total. The number of rotatable bonds is 5. The molecule has 0 aliphatic rings.